The van der Waals surface area contributed by atoms with Gasteiger partial charge < -0.3 is 26.8 Å². The topological polar surface area (TPSA) is 144 Å². The zero-order valence-electron chi connectivity index (χ0n) is 18.9. The summed E-state index contributed by atoms with van der Waals surface area (Å²) >= 11 is 0. The molecule has 1 aromatic carbocycles. The van der Waals surface area contributed by atoms with Crippen LogP contribution in [0.3, 0.4) is 0 Å². The summed E-state index contributed by atoms with van der Waals surface area (Å²) in [4.78, 5) is 8.84. The van der Waals surface area contributed by atoms with Crippen molar-refractivity contribution in [2.45, 2.75) is 58.0 Å². The fourth-order valence-corrected chi connectivity index (χ4v) is 3.99. The van der Waals surface area contributed by atoms with Crippen molar-refractivity contribution in [3.8, 4) is 0 Å². The fraction of sp³-hybridized carbons (Fsp3) is 0.435. The molecule has 1 atom stereocenters. The minimum absolute atomic E-state index is 0.0522. The van der Waals surface area contributed by atoms with Gasteiger partial charge in [-0.2, -0.15) is 0 Å². The molecule has 172 valence electrons. The number of aliphatic hydroxyl groups is 1. The molecule has 8 N–H and O–H groups in total. The molecular formula is C23H34N8O. The van der Waals surface area contributed by atoms with Crippen LogP contribution in [0.2, 0.25) is 0 Å². The summed E-state index contributed by atoms with van der Waals surface area (Å²) in [6, 6.07) is 8.34. The number of amidine groups is 1. The third kappa shape index (κ3) is 6.41. The van der Waals surface area contributed by atoms with E-state index in [9.17, 15) is 5.11 Å². The number of anilines is 2. The summed E-state index contributed by atoms with van der Waals surface area (Å²) in [6.45, 7) is 4.09. The first-order valence-corrected chi connectivity index (χ1v) is 11.0. The highest BCUT2D eigenvalue weighted by molar-refractivity contribution is 6.19. The van der Waals surface area contributed by atoms with Gasteiger partial charge in [0, 0.05) is 37.2 Å². The summed E-state index contributed by atoms with van der Waals surface area (Å²) in [5.41, 5.74) is 10.0. The lowest BCUT2D eigenvalue weighted by Crippen LogP contribution is -2.46. The monoisotopic (exact) mass is 438 g/mol. The normalized spacial score (nSPS) is 19.8. The molecule has 1 unspecified atom stereocenters. The molecule has 0 radical (unpaired) electrons. The Bertz CT molecular complexity index is 953. The van der Waals surface area contributed by atoms with Crippen LogP contribution in [-0.4, -0.2) is 46.4 Å². The van der Waals surface area contributed by atoms with Crippen LogP contribution in [0, 0.1) is 19.3 Å². The zero-order chi connectivity index (χ0) is 23.1. The van der Waals surface area contributed by atoms with E-state index in [4.69, 9.17) is 11.1 Å². The molecule has 1 heterocycles. The van der Waals surface area contributed by atoms with Crippen molar-refractivity contribution in [1.29, 1.82) is 5.41 Å². The Morgan fingerprint density at radius 1 is 1.19 bits per heavy atom. The van der Waals surface area contributed by atoms with Crippen molar-refractivity contribution in [2.75, 3.05) is 17.7 Å². The Morgan fingerprint density at radius 2 is 1.91 bits per heavy atom. The van der Waals surface area contributed by atoms with Gasteiger partial charge in [-0.1, -0.05) is 17.7 Å². The predicted octanol–water partition coefficient (Wildman–Crippen LogP) is 2.29. The molecule has 1 aliphatic carbocycles. The van der Waals surface area contributed by atoms with E-state index in [-0.39, 0.29) is 17.9 Å². The van der Waals surface area contributed by atoms with Gasteiger partial charge in [0.15, 0.2) is 6.35 Å². The highest BCUT2D eigenvalue weighted by atomic mass is 16.3. The van der Waals surface area contributed by atoms with Crippen molar-refractivity contribution in [1.82, 2.24) is 20.6 Å². The highest BCUT2D eigenvalue weighted by Gasteiger charge is 2.23. The SMILES string of the molecule is CNC=C(C(=N)N)c1ccnc(NC2CCC(NC(O)Nc3ccc(C)cc3C)CC2)n1. The van der Waals surface area contributed by atoms with E-state index in [0.717, 1.165) is 36.9 Å². The number of rotatable bonds is 9. The molecule has 3 rings (SSSR count). The van der Waals surface area contributed by atoms with Gasteiger partial charge in [-0.05, 0) is 57.2 Å². The van der Waals surface area contributed by atoms with Gasteiger partial charge in [0.05, 0.1) is 11.3 Å². The summed E-state index contributed by atoms with van der Waals surface area (Å²) in [5.74, 6) is 0.474. The summed E-state index contributed by atoms with van der Waals surface area (Å²) < 4.78 is 0. The number of nitrogens with two attached hydrogens (primary N) is 1. The van der Waals surface area contributed by atoms with E-state index in [1.165, 1.54) is 5.56 Å². The average Bonchev–Trinajstić information content (AvgIpc) is 2.75. The number of aliphatic hydroxyl groups excluding tert-OH is 1. The Labute approximate surface area is 189 Å². The summed E-state index contributed by atoms with van der Waals surface area (Å²) in [6.07, 6.45) is 6.26. The van der Waals surface area contributed by atoms with Gasteiger partial charge in [-0.3, -0.25) is 10.7 Å². The first-order valence-electron chi connectivity index (χ1n) is 11.0. The first kappa shape index (κ1) is 23.5. The van der Waals surface area contributed by atoms with Crippen LogP contribution in [0.25, 0.3) is 5.57 Å². The van der Waals surface area contributed by atoms with Crippen LogP contribution in [0.15, 0.2) is 36.7 Å². The van der Waals surface area contributed by atoms with Crippen LogP contribution in [0.1, 0.15) is 42.5 Å². The maximum absolute atomic E-state index is 10.4. The van der Waals surface area contributed by atoms with Gasteiger partial charge in [0.25, 0.3) is 0 Å². The lowest BCUT2D eigenvalue weighted by atomic mass is 9.91. The summed E-state index contributed by atoms with van der Waals surface area (Å²) in [5, 5.41) is 30.9. The highest BCUT2D eigenvalue weighted by Crippen LogP contribution is 2.23. The van der Waals surface area contributed by atoms with Crippen LogP contribution in [-0.2, 0) is 0 Å². The number of aryl methyl sites for hydroxylation is 2. The molecule has 0 spiro atoms. The molecule has 2 aromatic rings. The van der Waals surface area contributed by atoms with Gasteiger partial charge in [-0.25, -0.2) is 9.97 Å². The Hall–Kier alpha value is -3.17. The number of aromatic nitrogens is 2. The smallest absolute Gasteiger partial charge is 0.223 e. The number of hydrogen-bond acceptors (Lipinski definition) is 8. The molecule has 1 aromatic heterocycles. The van der Waals surface area contributed by atoms with Crippen molar-refractivity contribution >= 4 is 23.0 Å². The second-order valence-electron chi connectivity index (χ2n) is 8.25. The molecule has 1 fully saturated rings. The third-order valence-electron chi connectivity index (χ3n) is 5.64. The summed E-state index contributed by atoms with van der Waals surface area (Å²) in [7, 11) is 1.75. The number of benzene rings is 1. The Balaban J connectivity index is 1.50. The van der Waals surface area contributed by atoms with E-state index in [1.807, 2.05) is 19.1 Å². The molecule has 9 nitrogen and oxygen atoms in total. The average molecular weight is 439 g/mol. The molecule has 0 saturated heterocycles. The first-order chi connectivity index (χ1) is 15.4. The molecular weight excluding hydrogens is 404 g/mol. The molecule has 1 saturated carbocycles. The van der Waals surface area contributed by atoms with Gasteiger partial charge in [0.1, 0.15) is 5.84 Å². The molecule has 0 amide bonds. The van der Waals surface area contributed by atoms with Crippen LogP contribution < -0.4 is 27.0 Å². The number of hydrogen-bond donors (Lipinski definition) is 7. The van der Waals surface area contributed by atoms with E-state index in [0.29, 0.717) is 17.2 Å². The maximum atomic E-state index is 10.4. The van der Waals surface area contributed by atoms with Gasteiger partial charge in [-0.15, -0.1) is 0 Å². The second-order valence-corrected chi connectivity index (χ2v) is 8.25. The lowest BCUT2D eigenvalue weighted by molar-refractivity contribution is 0.137. The van der Waals surface area contributed by atoms with E-state index in [1.54, 1.807) is 25.5 Å². The molecule has 0 bridgehead atoms. The number of nitrogens with one attached hydrogen (secondary N) is 5. The van der Waals surface area contributed by atoms with Crippen LogP contribution in [0.5, 0.6) is 0 Å². The minimum atomic E-state index is -0.796. The molecule has 0 aliphatic heterocycles. The van der Waals surface area contributed by atoms with E-state index in [2.05, 4.69) is 44.2 Å². The predicted molar refractivity (Wildman–Crippen MR) is 129 cm³/mol. The van der Waals surface area contributed by atoms with Gasteiger partial charge >= 0.3 is 0 Å². The van der Waals surface area contributed by atoms with Crippen LogP contribution >= 0.6 is 0 Å². The Morgan fingerprint density at radius 3 is 2.56 bits per heavy atom. The molecule has 32 heavy (non-hydrogen) atoms. The van der Waals surface area contributed by atoms with Crippen molar-refractivity contribution < 1.29 is 5.11 Å². The number of nitrogens with zero attached hydrogens (tertiary/aromatic N) is 2. The van der Waals surface area contributed by atoms with E-state index < -0.39 is 6.35 Å². The van der Waals surface area contributed by atoms with Crippen LogP contribution in [0.4, 0.5) is 11.6 Å². The second kappa shape index (κ2) is 10.9. The minimum Gasteiger partial charge on any atom is -0.393 e. The van der Waals surface area contributed by atoms with Crippen molar-refractivity contribution in [3.05, 3.63) is 53.5 Å². The molecule has 1 aliphatic rings. The third-order valence-corrected chi connectivity index (χ3v) is 5.64. The van der Waals surface area contributed by atoms with Gasteiger partial charge in [0.2, 0.25) is 5.95 Å². The zero-order valence-corrected chi connectivity index (χ0v) is 18.9. The van der Waals surface area contributed by atoms with Crippen molar-refractivity contribution in [3.63, 3.8) is 0 Å². The standard InChI is InChI=1S/C23H34N8O/c1-14-4-9-19(15(2)12-14)31-23(32)29-17-7-5-16(6-8-17)28-22-27-11-10-20(30-22)18(13-26-3)21(24)25/h4,9-13,16-17,23,26,29,31-32H,5-8H2,1-3H3,(H3,24,25)(H,27,28,30). The van der Waals surface area contributed by atoms with E-state index >= 15 is 0 Å². The molecule has 9 heteroatoms. The Kier molecular flexibility index (Phi) is 8.02. The van der Waals surface area contributed by atoms with Crippen molar-refractivity contribution in [2.24, 2.45) is 5.73 Å². The largest absolute Gasteiger partial charge is 0.393 e. The lowest BCUT2D eigenvalue weighted by Gasteiger charge is -2.31. The maximum Gasteiger partial charge on any atom is 0.223 e. The fourth-order valence-electron chi connectivity index (χ4n) is 3.99. The quantitative estimate of drug-likeness (QED) is 0.179.